The molecule has 0 atom stereocenters. The maximum atomic E-state index is 11.0. The average Bonchev–Trinajstić information content (AvgIpc) is 2.38. The summed E-state index contributed by atoms with van der Waals surface area (Å²) >= 11 is 0. The van der Waals surface area contributed by atoms with Gasteiger partial charge in [-0.15, -0.1) is 0 Å². The Hall–Kier alpha value is -1.58. The summed E-state index contributed by atoms with van der Waals surface area (Å²) in [5.74, 6) is -0.504. The molecular formula is C15H23NO3. The molecule has 0 bridgehead atoms. The number of carboxylic acids is 1. The standard InChI is InChI=1S/C15H23NO3/c1-3-5-6-7-9-19-14-11-12(15(17)18)10-13(16-14)8-4-2/h10-11H,3-9H2,1-2H3,(H,17,18). The first-order valence-corrected chi connectivity index (χ1v) is 7.04. The van der Waals surface area contributed by atoms with Gasteiger partial charge in [-0.3, -0.25) is 0 Å². The third-order valence-corrected chi connectivity index (χ3v) is 2.86. The van der Waals surface area contributed by atoms with Crippen molar-refractivity contribution in [3.8, 4) is 5.88 Å². The van der Waals surface area contributed by atoms with Crippen LogP contribution in [0.3, 0.4) is 0 Å². The van der Waals surface area contributed by atoms with E-state index in [1.165, 1.54) is 18.9 Å². The Morgan fingerprint density at radius 2 is 2.00 bits per heavy atom. The molecule has 0 spiro atoms. The lowest BCUT2D eigenvalue weighted by Gasteiger charge is -2.08. The van der Waals surface area contributed by atoms with Gasteiger partial charge in [0.05, 0.1) is 12.2 Å². The van der Waals surface area contributed by atoms with Crippen molar-refractivity contribution in [1.29, 1.82) is 0 Å². The lowest BCUT2D eigenvalue weighted by molar-refractivity contribution is 0.0696. The Morgan fingerprint density at radius 1 is 1.21 bits per heavy atom. The number of hydrogen-bond acceptors (Lipinski definition) is 3. The summed E-state index contributed by atoms with van der Waals surface area (Å²) < 4.78 is 5.56. The van der Waals surface area contributed by atoms with Gasteiger partial charge >= 0.3 is 5.97 Å². The molecule has 0 radical (unpaired) electrons. The number of unbranched alkanes of at least 4 members (excludes halogenated alkanes) is 3. The van der Waals surface area contributed by atoms with Crippen molar-refractivity contribution in [2.45, 2.75) is 52.4 Å². The quantitative estimate of drug-likeness (QED) is 0.692. The molecule has 4 heteroatoms. The van der Waals surface area contributed by atoms with Gasteiger partial charge in [0, 0.05) is 11.8 Å². The van der Waals surface area contributed by atoms with Gasteiger partial charge in [0.1, 0.15) is 0 Å². The van der Waals surface area contributed by atoms with E-state index in [1.54, 1.807) is 6.07 Å². The lowest BCUT2D eigenvalue weighted by atomic mass is 10.1. The molecule has 0 aliphatic heterocycles. The number of nitrogens with zero attached hydrogens (tertiary/aromatic N) is 1. The lowest BCUT2D eigenvalue weighted by Crippen LogP contribution is -2.05. The van der Waals surface area contributed by atoms with Crippen LogP contribution in [0.25, 0.3) is 0 Å². The highest BCUT2D eigenvalue weighted by Crippen LogP contribution is 2.15. The van der Waals surface area contributed by atoms with Crippen LogP contribution < -0.4 is 4.74 Å². The first-order chi connectivity index (χ1) is 9.17. The summed E-state index contributed by atoms with van der Waals surface area (Å²) in [6.45, 7) is 4.80. The minimum atomic E-state index is -0.935. The van der Waals surface area contributed by atoms with Crippen LogP contribution in [-0.2, 0) is 6.42 Å². The highest BCUT2D eigenvalue weighted by atomic mass is 16.5. The van der Waals surface area contributed by atoms with Gasteiger partial charge in [0.2, 0.25) is 5.88 Å². The van der Waals surface area contributed by atoms with Crippen LogP contribution in [-0.4, -0.2) is 22.7 Å². The van der Waals surface area contributed by atoms with E-state index < -0.39 is 5.97 Å². The zero-order chi connectivity index (χ0) is 14.1. The molecule has 1 rings (SSSR count). The molecule has 1 aromatic rings. The third-order valence-electron chi connectivity index (χ3n) is 2.86. The van der Waals surface area contributed by atoms with Crippen molar-refractivity contribution < 1.29 is 14.6 Å². The number of aromatic nitrogens is 1. The van der Waals surface area contributed by atoms with E-state index in [4.69, 9.17) is 9.84 Å². The number of aryl methyl sites for hydroxylation is 1. The Labute approximate surface area is 114 Å². The normalized spacial score (nSPS) is 10.4. The van der Waals surface area contributed by atoms with Crippen molar-refractivity contribution in [3.05, 3.63) is 23.4 Å². The van der Waals surface area contributed by atoms with Gasteiger partial charge in [-0.05, 0) is 18.9 Å². The zero-order valence-corrected chi connectivity index (χ0v) is 11.8. The summed E-state index contributed by atoms with van der Waals surface area (Å²) in [6.07, 6.45) is 6.21. The fourth-order valence-electron chi connectivity index (χ4n) is 1.85. The molecule has 1 aromatic heterocycles. The predicted octanol–water partition coefficient (Wildman–Crippen LogP) is 3.69. The number of aromatic carboxylic acids is 1. The van der Waals surface area contributed by atoms with Gasteiger partial charge < -0.3 is 9.84 Å². The largest absolute Gasteiger partial charge is 0.478 e. The molecule has 1 N–H and O–H groups in total. The highest BCUT2D eigenvalue weighted by molar-refractivity contribution is 5.88. The van der Waals surface area contributed by atoms with Gasteiger partial charge in [-0.1, -0.05) is 39.5 Å². The Bertz CT molecular complexity index is 404. The minimum Gasteiger partial charge on any atom is -0.478 e. The Balaban J connectivity index is 2.62. The van der Waals surface area contributed by atoms with E-state index in [-0.39, 0.29) is 5.56 Å². The monoisotopic (exact) mass is 265 g/mol. The molecule has 0 aliphatic carbocycles. The maximum absolute atomic E-state index is 11.0. The first kappa shape index (κ1) is 15.5. The van der Waals surface area contributed by atoms with Gasteiger partial charge in [-0.2, -0.15) is 0 Å². The average molecular weight is 265 g/mol. The van der Waals surface area contributed by atoms with Crippen LogP contribution in [0, 0.1) is 0 Å². The molecule has 0 saturated carbocycles. The number of carbonyl (C=O) groups is 1. The maximum Gasteiger partial charge on any atom is 0.335 e. The number of rotatable bonds is 9. The van der Waals surface area contributed by atoms with Crippen molar-refractivity contribution >= 4 is 5.97 Å². The SMILES string of the molecule is CCCCCCOc1cc(C(=O)O)cc(CCC)n1. The first-order valence-electron chi connectivity index (χ1n) is 7.04. The fourth-order valence-corrected chi connectivity index (χ4v) is 1.85. The molecule has 0 aliphatic rings. The fraction of sp³-hybridized carbons (Fsp3) is 0.600. The second-order valence-electron chi connectivity index (χ2n) is 4.65. The Morgan fingerprint density at radius 3 is 2.63 bits per heavy atom. The van der Waals surface area contributed by atoms with E-state index in [2.05, 4.69) is 11.9 Å². The van der Waals surface area contributed by atoms with Crippen LogP contribution in [0.5, 0.6) is 5.88 Å². The number of pyridine rings is 1. The molecule has 106 valence electrons. The summed E-state index contributed by atoms with van der Waals surface area (Å²) in [5, 5.41) is 9.06. The molecule has 4 nitrogen and oxygen atoms in total. The van der Waals surface area contributed by atoms with Crippen LogP contribution >= 0.6 is 0 Å². The molecule has 19 heavy (non-hydrogen) atoms. The van der Waals surface area contributed by atoms with Crippen molar-refractivity contribution in [2.24, 2.45) is 0 Å². The minimum absolute atomic E-state index is 0.252. The topological polar surface area (TPSA) is 59.4 Å². The summed E-state index contributed by atoms with van der Waals surface area (Å²) in [7, 11) is 0. The molecule has 0 saturated heterocycles. The smallest absolute Gasteiger partial charge is 0.335 e. The van der Waals surface area contributed by atoms with Crippen LogP contribution in [0.2, 0.25) is 0 Å². The van der Waals surface area contributed by atoms with Crippen LogP contribution in [0.4, 0.5) is 0 Å². The van der Waals surface area contributed by atoms with E-state index in [0.29, 0.717) is 12.5 Å². The third kappa shape index (κ3) is 5.73. The number of hydrogen-bond donors (Lipinski definition) is 1. The zero-order valence-electron chi connectivity index (χ0n) is 11.8. The number of ether oxygens (including phenoxy) is 1. The van der Waals surface area contributed by atoms with E-state index in [9.17, 15) is 4.79 Å². The van der Waals surface area contributed by atoms with Crippen molar-refractivity contribution in [1.82, 2.24) is 4.98 Å². The van der Waals surface area contributed by atoms with Crippen LogP contribution in [0.15, 0.2) is 12.1 Å². The second-order valence-corrected chi connectivity index (χ2v) is 4.65. The van der Waals surface area contributed by atoms with Gasteiger partial charge in [-0.25, -0.2) is 9.78 Å². The molecule has 0 unspecified atom stereocenters. The summed E-state index contributed by atoms with van der Waals surface area (Å²) in [4.78, 5) is 15.4. The van der Waals surface area contributed by atoms with Gasteiger partial charge in [0.15, 0.2) is 0 Å². The molecule has 0 amide bonds. The van der Waals surface area contributed by atoms with Crippen molar-refractivity contribution in [2.75, 3.05) is 6.61 Å². The predicted molar refractivity (Wildman–Crippen MR) is 74.8 cm³/mol. The summed E-state index contributed by atoms with van der Waals surface area (Å²) in [5.41, 5.74) is 1.04. The summed E-state index contributed by atoms with van der Waals surface area (Å²) in [6, 6.07) is 3.12. The molecular weight excluding hydrogens is 242 g/mol. The van der Waals surface area contributed by atoms with Crippen molar-refractivity contribution in [3.63, 3.8) is 0 Å². The van der Waals surface area contributed by atoms with Crippen LogP contribution in [0.1, 0.15) is 62.0 Å². The number of carboxylic acid groups (broad SMARTS) is 1. The second kappa shape index (κ2) is 8.51. The van der Waals surface area contributed by atoms with E-state index >= 15 is 0 Å². The highest BCUT2D eigenvalue weighted by Gasteiger charge is 2.09. The van der Waals surface area contributed by atoms with Gasteiger partial charge in [0.25, 0.3) is 0 Å². The Kier molecular flexibility index (Phi) is 6.93. The molecule has 0 aromatic carbocycles. The molecule has 1 heterocycles. The molecule has 0 fully saturated rings. The van der Waals surface area contributed by atoms with E-state index in [1.807, 2.05) is 6.92 Å². The van der Waals surface area contributed by atoms with E-state index in [0.717, 1.165) is 31.4 Å².